The van der Waals surface area contributed by atoms with Crippen molar-refractivity contribution in [3.8, 4) is 5.75 Å². The smallest absolute Gasteiger partial charge is 0.404 e. The molecule has 0 aliphatic carbocycles. The zero-order valence-corrected chi connectivity index (χ0v) is 27.5. The van der Waals surface area contributed by atoms with Gasteiger partial charge in [0.15, 0.2) is 0 Å². The summed E-state index contributed by atoms with van der Waals surface area (Å²) in [6, 6.07) is 7.11. The second kappa shape index (κ2) is 22.9. The number of phosphoric ester groups is 1. The summed E-state index contributed by atoms with van der Waals surface area (Å²) in [7, 11) is -2.75. The normalized spacial score (nSPS) is 15.3. The molecule has 1 N–H and O–H groups in total. The maximum absolute atomic E-state index is 12.5. The van der Waals surface area contributed by atoms with E-state index in [0.29, 0.717) is 19.8 Å². The van der Waals surface area contributed by atoms with Gasteiger partial charge in [0.05, 0.1) is 13.2 Å². The standard InChI is InChI=1S/C33H58N2O6P/c1-4-6-7-8-9-10-11-12-13-14-15-16-17-18-26-39-28-33(38-3)29-40-42(36,37)41-32-21-19-31(20-22-32)27-35-25-24-34(30-35)23-5-2/h19-22,24-25,30,33H,4-18,23,26-29H2,1-3H3,(H,36,37). The SMILES string of the molecule is CCCCCCCCCCCCCCCCOCC(COP(=O)(O)Oc1ccc(CN2[CH]N(CCC)C=C2)cc1)OC. The van der Waals surface area contributed by atoms with Crippen LogP contribution in [0.3, 0.4) is 0 Å². The first kappa shape index (κ1) is 36.6. The molecule has 1 aliphatic rings. The second-order valence-electron chi connectivity index (χ2n) is 11.4. The molecular formula is C33H58N2O6P. The third-order valence-corrected chi connectivity index (χ3v) is 8.36. The summed E-state index contributed by atoms with van der Waals surface area (Å²) < 4.78 is 34.0. The van der Waals surface area contributed by atoms with Crippen molar-refractivity contribution < 1.29 is 28.0 Å². The molecule has 241 valence electrons. The summed E-state index contributed by atoms with van der Waals surface area (Å²) in [5, 5.41) is 0. The molecule has 0 bridgehead atoms. The lowest BCUT2D eigenvalue weighted by atomic mass is 10.0. The van der Waals surface area contributed by atoms with Crippen molar-refractivity contribution in [2.75, 3.05) is 33.5 Å². The maximum Gasteiger partial charge on any atom is 0.527 e. The second-order valence-corrected chi connectivity index (χ2v) is 12.7. The monoisotopic (exact) mass is 609 g/mol. The van der Waals surface area contributed by atoms with Crippen LogP contribution in [-0.4, -0.2) is 54.3 Å². The van der Waals surface area contributed by atoms with E-state index in [-0.39, 0.29) is 12.4 Å². The van der Waals surface area contributed by atoms with Gasteiger partial charge < -0.3 is 23.8 Å². The Morgan fingerprint density at radius 2 is 1.33 bits per heavy atom. The molecule has 9 heteroatoms. The van der Waals surface area contributed by atoms with Gasteiger partial charge in [-0.2, -0.15) is 0 Å². The third-order valence-electron chi connectivity index (χ3n) is 7.44. The molecule has 0 fully saturated rings. The van der Waals surface area contributed by atoms with Crippen LogP contribution in [0, 0.1) is 6.67 Å². The van der Waals surface area contributed by atoms with Crippen LogP contribution in [0.4, 0.5) is 0 Å². The van der Waals surface area contributed by atoms with E-state index >= 15 is 0 Å². The molecule has 0 spiro atoms. The van der Waals surface area contributed by atoms with Gasteiger partial charge in [0.2, 0.25) is 0 Å². The van der Waals surface area contributed by atoms with Gasteiger partial charge in [-0.05, 0) is 30.5 Å². The number of hydrogen-bond acceptors (Lipinski definition) is 7. The fourth-order valence-corrected chi connectivity index (χ4v) is 5.72. The van der Waals surface area contributed by atoms with E-state index in [4.69, 9.17) is 18.5 Å². The van der Waals surface area contributed by atoms with E-state index in [1.165, 1.54) is 77.0 Å². The van der Waals surface area contributed by atoms with Crippen molar-refractivity contribution in [3.63, 3.8) is 0 Å². The Labute approximate surface area is 256 Å². The maximum atomic E-state index is 12.5. The topological polar surface area (TPSA) is 80.7 Å². The van der Waals surface area contributed by atoms with E-state index in [9.17, 15) is 9.46 Å². The van der Waals surface area contributed by atoms with Crippen molar-refractivity contribution in [1.82, 2.24) is 9.80 Å². The molecule has 0 saturated heterocycles. The summed E-state index contributed by atoms with van der Waals surface area (Å²) in [6.07, 6.45) is 23.3. The summed E-state index contributed by atoms with van der Waals surface area (Å²) >= 11 is 0. The number of ether oxygens (including phenoxy) is 2. The number of rotatable bonds is 27. The van der Waals surface area contributed by atoms with Crippen molar-refractivity contribution in [2.24, 2.45) is 0 Å². The molecule has 1 radical (unpaired) electrons. The zero-order chi connectivity index (χ0) is 30.3. The minimum absolute atomic E-state index is 0.0908. The zero-order valence-electron chi connectivity index (χ0n) is 26.6. The van der Waals surface area contributed by atoms with Crippen molar-refractivity contribution in [2.45, 2.75) is 123 Å². The van der Waals surface area contributed by atoms with Gasteiger partial charge in [0, 0.05) is 39.2 Å². The Kier molecular flexibility index (Phi) is 20.0. The molecule has 1 heterocycles. The largest absolute Gasteiger partial charge is 0.527 e. The van der Waals surface area contributed by atoms with Crippen LogP contribution in [-0.2, 0) is 25.1 Å². The number of phosphoric acid groups is 1. The minimum atomic E-state index is -4.29. The van der Waals surface area contributed by atoms with Gasteiger partial charge in [0.25, 0.3) is 0 Å². The molecular weight excluding hydrogens is 551 g/mol. The molecule has 2 rings (SSSR count). The fraction of sp³-hybridized carbons (Fsp3) is 0.727. The predicted octanol–water partition coefficient (Wildman–Crippen LogP) is 8.81. The molecule has 1 aliphatic heterocycles. The highest BCUT2D eigenvalue weighted by Gasteiger charge is 2.25. The molecule has 1 aromatic carbocycles. The fourth-order valence-electron chi connectivity index (χ4n) is 4.92. The van der Waals surface area contributed by atoms with E-state index in [1.54, 1.807) is 19.2 Å². The highest BCUT2D eigenvalue weighted by molar-refractivity contribution is 7.47. The number of unbranched alkanes of at least 4 members (excludes halogenated alkanes) is 13. The van der Waals surface area contributed by atoms with Gasteiger partial charge in [-0.15, -0.1) is 0 Å². The summed E-state index contributed by atoms with van der Waals surface area (Å²) in [5.41, 5.74) is 1.06. The van der Waals surface area contributed by atoms with Gasteiger partial charge in [-0.25, -0.2) is 4.57 Å². The lowest BCUT2D eigenvalue weighted by Gasteiger charge is -2.20. The molecule has 0 saturated carbocycles. The molecule has 0 amide bonds. The van der Waals surface area contributed by atoms with E-state index < -0.39 is 13.9 Å². The Hall–Kier alpha value is -1.57. The summed E-state index contributed by atoms with van der Waals surface area (Å²) in [4.78, 5) is 14.4. The van der Waals surface area contributed by atoms with Crippen LogP contribution in [0.1, 0.15) is 116 Å². The highest BCUT2D eigenvalue weighted by atomic mass is 31.2. The minimum Gasteiger partial charge on any atom is -0.404 e. The summed E-state index contributed by atoms with van der Waals surface area (Å²) in [6.45, 7) is 9.05. The highest BCUT2D eigenvalue weighted by Crippen LogP contribution is 2.44. The molecule has 1 aromatic rings. The van der Waals surface area contributed by atoms with Crippen LogP contribution in [0.2, 0.25) is 0 Å². The Morgan fingerprint density at radius 1 is 0.762 bits per heavy atom. The summed E-state index contributed by atoms with van der Waals surface area (Å²) in [5.74, 6) is 0.279. The quantitative estimate of drug-likeness (QED) is 0.0783. The molecule has 0 aromatic heterocycles. The number of benzene rings is 1. The molecule has 2 unspecified atom stereocenters. The number of hydrogen-bond donors (Lipinski definition) is 1. The van der Waals surface area contributed by atoms with Gasteiger partial charge in [-0.3, -0.25) is 9.42 Å². The Balaban J connectivity index is 1.48. The Morgan fingerprint density at radius 3 is 1.90 bits per heavy atom. The molecule has 42 heavy (non-hydrogen) atoms. The first-order valence-electron chi connectivity index (χ1n) is 16.4. The predicted molar refractivity (Wildman–Crippen MR) is 171 cm³/mol. The molecule has 8 nitrogen and oxygen atoms in total. The number of nitrogens with zero attached hydrogens (tertiary/aromatic N) is 2. The van der Waals surface area contributed by atoms with Crippen LogP contribution in [0.5, 0.6) is 5.75 Å². The molecule has 2 atom stereocenters. The first-order valence-corrected chi connectivity index (χ1v) is 17.9. The lowest BCUT2D eigenvalue weighted by Crippen LogP contribution is -2.24. The van der Waals surface area contributed by atoms with Crippen molar-refractivity contribution in [1.29, 1.82) is 0 Å². The van der Waals surface area contributed by atoms with Crippen LogP contribution >= 0.6 is 7.82 Å². The Bertz CT molecular complexity index is 869. The van der Waals surface area contributed by atoms with E-state index in [1.807, 2.05) is 18.3 Å². The lowest BCUT2D eigenvalue weighted by molar-refractivity contribution is -0.0197. The average Bonchev–Trinajstić information content (AvgIpc) is 3.42. The van der Waals surface area contributed by atoms with Crippen molar-refractivity contribution >= 4 is 7.82 Å². The van der Waals surface area contributed by atoms with Gasteiger partial charge in [0.1, 0.15) is 18.5 Å². The van der Waals surface area contributed by atoms with E-state index in [2.05, 4.69) is 36.5 Å². The van der Waals surface area contributed by atoms with Crippen molar-refractivity contribution in [3.05, 3.63) is 48.9 Å². The van der Waals surface area contributed by atoms with Crippen LogP contribution in [0.25, 0.3) is 0 Å². The average molecular weight is 610 g/mol. The van der Waals surface area contributed by atoms with Gasteiger partial charge in [-0.1, -0.05) is 109 Å². The first-order chi connectivity index (χ1) is 20.5. The third kappa shape index (κ3) is 17.5. The van der Waals surface area contributed by atoms with E-state index in [0.717, 1.165) is 31.4 Å². The van der Waals surface area contributed by atoms with Gasteiger partial charge >= 0.3 is 7.82 Å². The number of methoxy groups -OCH3 is 1. The van der Waals surface area contributed by atoms with Crippen LogP contribution in [0.15, 0.2) is 36.7 Å². The van der Waals surface area contributed by atoms with Crippen LogP contribution < -0.4 is 4.52 Å².